The van der Waals surface area contributed by atoms with Crippen molar-refractivity contribution in [3.63, 3.8) is 0 Å². The zero-order valence-electron chi connectivity index (χ0n) is 14.3. The average Bonchev–Trinajstić information content (AvgIpc) is 3.27. The molecular weight excluding hydrogens is 353 g/mol. The van der Waals surface area contributed by atoms with Crippen LogP contribution in [0.3, 0.4) is 0 Å². The minimum atomic E-state index is -0.306. The van der Waals surface area contributed by atoms with Crippen LogP contribution in [0, 0.1) is 12.7 Å². The molecule has 1 N–H and O–H groups in total. The third-order valence-electron chi connectivity index (χ3n) is 3.84. The number of thiophene rings is 1. The van der Waals surface area contributed by atoms with Crippen LogP contribution >= 0.6 is 11.3 Å². The maximum atomic E-state index is 13.0. The lowest BCUT2D eigenvalue weighted by Gasteiger charge is -2.03. The number of Topliss-reactive ketones (excluding diaryl/α,β-unsaturated/α-hetero) is 1. The minimum Gasteiger partial charge on any atom is -0.459 e. The molecule has 0 bridgehead atoms. The van der Waals surface area contributed by atoms with Gasteiger partial charge in [-0.1, -0.05) is 0 Å². The monoisotopic (exact) mass is 371 g/mol. The van der Waals surface area contributed by atoms with Gasteiger partial charge in [-0.2, -0.15) is 0 Å². The number of aryl methyl sites for hydroxylation is 1. The van der Waals surface area contributed by atoms with E-state index in [0.29, 0.717) is 16.4 Å². The van der Waals surface area contributed by atoms with E-state index in [1.165, 1.54) is 23.5 Å². The smallest absolute Gasteiger partial charge is 0.220 e. The van der Waals surface area contributed by atoms with Crippen LogP contribution in [0.5, 0.6) is 0 Å². The second-order valence-electron chi connectivity index (χ2n) is 5.88. The lowest BCUT2D eigenvalue weighted by atomic mass is 10.2. The van der Waals surface area contributed by atoms with Crippen molar-refractivity contribution in [3.05, 3.63) is 69.9 Å². The van der Waals surface area contributed by atoms with Crippen molar-refractivity contribution >= 4 is 23.0 Å². The third kappa shape index (κ3) is 4.67. The second-order valence-corrected chi connectivity index (χ2v) is 7.17. The highest BCUT2D eigenvalue weighted by atomic mass is 32.1. The van der Waals surface area contributed by atoms with Crippen LogP contribution in [0.15, 0.2) is 52.9 Å². The molecule has 2 heterocycles. The Bertz CT molecular complexity index is 911. The molecule has 0 saturated heterocycles. The van der Waals surface area contributed by atoms with E-state index in [2.05, 4.69) is 5.32 Å². The summed E-state index contributed by atoms with van der Waals surface area (Å²) in [5.41, 5.74) is 0.765. The molecule has 0 saturated carbocycles. The zero-order chi connectivity index (χ0) is 18.5. The molecule has 0 radical (unpaired) electrons. The van der Waals surface area contributed by atoms with E-state index in [1.807, 2.05) is 13.0 Å². The predicted octanol–water partition coefficient (Wildman–Crippen LogP) is 4.73. The molecule has 2 aromatic heterocycles. The fraction of sp³-hybridized carbons (Fsp3) is 0.200. The quantitative estimate of drug-likeness (QED) is 0.611. The summed E-state index contributed by atoms with van der Waals surface area (Å²) in [6.45, 7) is 2.18. The normalized spacial score (nSPS) is 10.7. The zero-order valence-corrected chi connectivity index (χ0v) is 15.1. The van der Waals surface area contributed by atoms with Gasteiger partial charge in [0.25, 0.3) is 0 Å². The summed E-state index contributed by atoms with van der Waals surface area (Å²) >= 11 is 1.44. The molecule has 26 heavy (non-hydrogen) atoms. The maximum Gasteiger partial charge on any atom is 0.220 e. The van der Waals surface area contributed by atoms with E-state index in [0.717, 1.165) is 10.4 Å². The lowest BCUT2D eigenvalue weighted by Crippen LogP contribution is -2.22. The van der Waals surface area contributed by atoms with Gasteiger partial charge in [-0.05, 0) is 55.5 Å². The number of nitrogens with one attached hydrogen (secondary N) is 1. The van der Waals surface area contributed by atoms with Crippen molar-refractivity contribution in [2.45, 2.75) is 26.3 Å². The first-order chi connectivity index (χ1) is 12.5. The van der Waals surface area contributed by atoms with Gasteiger partial charge in [0.1, 0.15) is 17.3 Å². The summed E-state index contributed by atoms with van der Waals surface area (Å²) in [7, 11) is 0. The first-order valence-corrected chi connectivity index (χ1v) is 9.04. The molecule has 1 amide bonds. The molecular formula is C20H18FNO3S. The fourth-order valence-corrected chi connectivity index (χ4v) is 3.29. The molecule has 0 aliphatic carbocycles. The van der Waals surface area contributed by atoms with Crippen molar-refractivity contribution in [1.82, 2.24) is 5.32 Å². The largest absolute Gasteiger partial charge is 0.459 e. The number of furan rings is 1. The van der Waals surface area contributed by atoms with Crippen LogP contribution in [-0.4, -0.2) is 11.7 Å². The fourth-order valence-electron chi connectivity index (χ4n) is 2.45. The van der Waals surface area contributed by atoms with Gasteiger partial charge < -0.3 is 9.73 Å². The summed E-state index contributed by atoms with van der Waals surface area (Å²) in [4.78, 5) is 25.7. The number of carbonyl (C=O) groups excluding carboxylic acids is 2. The van der Waals surface area contributed by atoms with Gasteiger partial charge in [0.05, 0.1) is 11.4 Å². The standard InChI is InChI=1S/C20H18FNO3S/c1-13-2-10-19(26-13)17(23)8-11-20(24)22-12-16-7-9-18(25-16)14-3-5-15(21)6-4-14/h2-7,9-10H,8,11-12H2,1H3,(H,22,24). The Morgan fingerprint density at radius 3 is 2.50 bits per heavy atom. The maximum absolute atomic E-state index is 13.0. The summed E-state index contributed by atoms with van der Waals surface area (Å²) in [5.74, 6) is 0.677. The summed E-state index contributed by atoms with van der Waals surface area (Å²) < 4.78 is 18.6. The molecule has 4 nitrogen and oxygen atoms in total. The van der Waals surface area contributed by atoms with Crippen LogP contribution in [0.1, 0.15) is 33.2 Å². The van der Waals surface area contributed by atoms with Crippen LogP contribution < -0.4 is 5.32 Å². The van der Waals surface area contributed by atoms with E-state index in [1.54, 1.807) is 30.3 Å². The number of ketones is 1. The molecule has 3 rings (SSSR count). The molecule has 6 heteroatoms. The molecule has 134 valence electrons. The summed E-state index contributed by atoms with van der Waals surface area (Å²) in [6.07, 6.45) is 0.325. The number of hydrogen-bond acceptors (Lipinski definition) is 4. The van der Waals surface area contributed by atoms with E-state index < -0.39 is 0 Å². The molecule has 0 fully saturated rings. The molecule has 0 aliphatic heterocycles. The highest BCUT2D eigenvalue weighted by molar-refractivity contribution is 7.14. The van der Waals surface area contributed by atoms with Crippen molar-refractivity contribution < 1.29 is 18.4 Å². The van der Waals surface area contributed by atoms with Gasteiger partial charge in [-0.25, -0.2) is 4.39 Å². The second kappa shape index (κ2) is 8.10. The van der Waals surface area contributed by atoms with Crippen molar-refractivity contribution in [1.29, 1.82) is 0 Å². The van der Waals surface area contributed by atoms with Gasteiger partial charge in [-0.15, -0.1) is 11.3 Å². The number of rotatable bonds is 7. The SMILES string of the molecule is Cc1ccc(C(=O)CCC(=O)NCc2ccc(-c3ccc(F)cc3)o2)s1. The van der Waals surface area contributed by atoms with Crippen molar-refractivity contribution in [2.75, 3.05) is 0 Å². The summed E-state index contributed by atoms with van der Waals surface area (Å²) in [6, 6.07) is 13.2. The van der Waals surface area contributed by atoms with Crippen LogP contribution in [0.4, 0.5) is 4.39 Å². The van der Waals surface area contributed by atoms with E-state index in [9.17, 15) is 14.0 Å². The highest BCUT2D eigenvalue weighted by Crippen LogP contribution is 2.22. The average molecular weight is 371 g/mol. The van der Waals surface area contributed by atoms with Gasteiger partial charge in [0.15, 0.2) is 5.78 Å². The first-order valence-electron chi connectivity index (χ1n) is 8.22. The topological polar surface area (TPSA) is 59.3 Å². The highest BCUT2D eigenvalue weighted by Gasteiger charge is 2.12. The van der Waals surface area contributed by atoms with Crippen molar-refractivity contribution in [2.24, 2.45) is 0 Å². The van der Waals surface area contributed by atoms with Gasteiger partial charge in [0.2, 0.25) is 5.91 Å². The van der Waals surface area contributed by atoms with Gasteiger partial charge in [0, 0.05) is 23.3 Å². The molecule has 0 spiro atoms. The van der Waals surface area contributed by atoms with E-state index >= 15 is 0 Å². The van der Waals surface area contributed by atoms with E-state index in [4.69, 9.17) is 4.42 Å². The molecule has 1 aromatic carbocycles. The molecule has 0 unspecified atom stereocenters. The Balaban J connectivity index is 1.47. The van der Waals surface area contributed by atoms with Gasteiger partial charge in [-0.3, -0.25) is 9.59 Å². The summed E-state index contributed by atoms with van der Waals surface area (Å²) in [5, 5.41) is 2.74. The predicted molar refractivity (Wildman–Crippen MR) is 98.6 cm³/mol. The lowest BCUT2D eigenvalue weighted by molar-refractivity contribution is -0.121. The van der Waals surface area contributed by atoms with Gasteiger partial charge >= 0.3 is 0 Å². The Kier molecular flexibility index (Phi) is 5.63. The number of benzene rings is 1. The van der Waals surface area contributed by atoms with Crippen molar-refractivity contribution in [3.8, 4) is 11.3 Å². The van der Waals surface area contributed by atoms with Crippen LogP contribution in [0.2, 0.25) is 0 Å². The Morgan fingerprint density at radius 2 is 1.81 bits per heavy atom. The van der Waals surface area contributed by atoms with Crippen LogP contribution in [-0.2, 0) is 11.3 Å². The Labute approximate surface area is 154 Å². The number of hydrogen-bond donors (Lipinski definition) is 1. The third-order valence-corrected chi connectivity index (χ3v) is 4.89. The van der Waals surface area contributed by atoms with E-state index in [-0.39, 0.29) is 36.9 Å². The Hall–Kier alpha value is -2.73. The minimum absolute atomic E-state index is 0.0187. The molecule has 3 aromatic rings. The number of halogens is 1. The molecule has 0 aliphatic rings. The molecule has 0 atom stereocenters. The Morgan fingerprint density at radius 1 is 1.04 bits per heavy atom. The number of carbonyl (C=O) groups is 2. The number of amides is 1. The first kappa shape index (κ1) is 18.1. The van der Waals surface area contributed by atoms with Crippen LogP contribution in [0.25, 0.3) is 11.3 Å².